The molecule has 1 aliphatic heterocycles. The van der Waals surface area contributed by atoms with Crippen molar-refractivity contribution in [1.29, 1.82) is 0 Å². The highest BCUT2D eigenvalue weighted by Crippen LogP contribution is 2.19. The van der Waals surface area contributed by atoms with E-state index in [2.05, 4.69) is 20.1 Å². The van der Waals surface area contributed by atoms with Crippen molar-refractivity contribution >= 4 is 23.3 Å². The molecule has 4 rings (SSSR count). The number of hydrogen-bond donors (Lipinski definition) is 0. The number of halogens is 1. The van der Waals surface area contributed by atoms with Gasteiger partial charge in [-0.05, 0) is 42.5 Å². The highest BCUT2D eigenvalue weighted by molar-refractivity contribution is 6.30. The Morgan fingerprint density at radius 3 is 2.48 bits per heavy atom. The normalized spacial score (nSPS) is 14.3. The first-order valence-corrected chi connectivity index (χ1v) is 9.12. The van der Waals surface area contributed by atoms with Gasteiger partial charge in [-0.2, -0.15) is 0 Å². The van der Waals surface area contributed by atoms with Gasteiger partial charge >= 0.3 is 0 Å². The van der Waals surface area contributed by atoms with Gasteiger partial charge in [0.25, 0.3) is 5.91 Å². The van der Waals surface area contributed by atoms with Gasteiger partial charge in [0.2, 0.25) is 0 Å². The molecule has 0 aliphatic carbocycles. The summed E-state index contributed by atoms with van der Waals surface area (Å²) in [5.41, 5.74) is 2.35. The van der Waals surface area contributed by atoms with E-state index in [9.17, 15) is 4.79 Å². The molecule has 6 nitrogen and oxygen atoms in total. The van der Waals surface area contributed by atoms with Gasteiger partial charge in [-0.25, -0.2) is 0 Å². The molecule has 1 aromatic carbocycles. The summed E-state index contributed by atoms with van der Waals surface area (Å²) in [6.45, 7) is 2.70. The van der Waals surface area contributed by atoms with Crippen LogP contribution in [0.2, 0.25) is 5.02 Å². The molecule has 0 unspecified atom stereocenters. The fraction of sp³-hybridized carbons (Fsp3) is 0.200. The van der Waals surface area contributed by atoms with E-state index in [1.165, 1.54) is 0 Å². The average molecular weight is 380 g/mol. The topological polar surface area (TPSA) is 62.2 Å². The molecule has 0 saturated carbocycles. The summed E-state index contributed by atoms with van der Waals surface area (Å²) in [7, 11) is 0. The zero-order valence-corrected chi connectivity index (χ0v) is 15.4. The molecule has 27 heavy (non-hydrogen) atoms. The first kappa shape index (κ1) is 17.4. The molecule has 136 valence electrons. The lowest BCUT2D eigenvalue weighted by molar-refractivity contribution is 0.0746. The van der Waals surface area contributed by atoms with Gasteiger partial charge in [-0.15, -0.1) is 10.2 Å². The summed E-state index contributed by atoms with van der Waals surface area (Å²) in [4.78, 5) is 20.7. The molecule has 3 aromatic rings. The number of nitrogens with zero attached hydrogens (tertiary/aromatic N) is 5. The number of benzene rings is 1. The number of rotatable bonds is 3. The minimum Gasteiger partial charge on any atom is -0.352 e. The van der Waals surface area contributed by atoms with Crippen LogP contribution in [0.25, 0.3) is 11.3 Å². The monoisotopic (exact) mass is 379 g/mol. The van der Waals surface area contributed by atoms with Crippen LogP contribution in [0.4, 0.5) is 5.82 Å². The molecule has 1 aliphatic rings. The van der Waals surface area contributed by atoms with E-state index in [1.807, 2.05) is 29.2 Å². The number of amides is 1. The predicted octanol–water partition coefficient (Wildman–Crippen LogP) is 3.15. The van der Waals surface area contributed by atoms with Crippen LogP contribution in [0.15, 0.2) is 60.9 Å². The smallest absolute Gasteiger partial charge is 0.254 e. The second kappa shape index (κ2) is 7.72. The Labute approximate surface area is 162 Å². The summed E-state index contributed by atoms with van der Waals surface area (Å²) in [6, 6.07) is 14.8. The highest BCUT2D eigenvalue weighted by atomic mass is 35.5. The van der Waals surface area contributed by atoms with E-state index in [0.29, 0.717) is 36.8 Å². The molecule has 1 amide bonds. The molecule has 3 heterocycles. The molecule has 0 bridgehead atoms. The third-order valence-corrected chi connectivity index (χ3v) is 4.81. The number of aromatic nitrogens is 3. The van der Waals surface area contributed by atoms with E-state index in [1.54, 1.807) is 36.7 Å². The molecule has 2 aromatic heterocycles. The second-order valence-corrected chi connectivity index (χ2v) is 6.74. The summed E-state index contributed by atoms with van der Waals surface area (Å²) in [6.07, 6.45) is 3.50. The maximum atomic E-state index is 12.6. The van der Waals surface area contributed by atoms with Crippen LogP contribution in [-0.4, -0.2) is 52.2 Å². The van der Waals surface area contributed by atoms with Crippen LogP contribution in [0, 0.1) is 0 Å². The lowest BCUT2D eigenvalue weighted by atomic mass is 10.2. The number of hydrogen-bond acceptors (Lipinski definition) is 5. The Hall–Kier alpha value is -2.99. The van der Waals surface area contributed by atoms with Gasteiger partial charge in [-0.3, -0.25) is 9.78 Å². The number of anilines is 1. The summed E-state index contributed by atoms with van der Waals surface area (Å²) >= 11 is 5.99. The molecule has 0 atom stereocenters. The molecule has 7 heteroatoms. The Kier molecular flexibility index (Phi) is 4.98. The van der Waals surface area contributed by atoms with Crippen LogP contribution in [-0.2, 0) is 0 Å². The molecule has 1 saturated heterocycles. The Bertz CT molecular complexity index is 925. The van der Waals surface area contributed by atoms with Crippen molar-refractivity contribution in [2.24, 2.45) is 0 Å². The van der Waals surface area contributed by atoms with Crippen molar-refractivity contribution < 1.29 is 4.79 Å². The lowest BCUT2D eigenvalue weighted by Gasteiger charge is -2.35. The number of piperazine rings is 1. The Balaban J connectivity index is 1.40. The van der Waals surface area contributed by atoms with Crippen LogP contribution in [0.3, 0.4) is 0 Å². The standard InChI is InChI=1S/C20H18ClN5O/c21-17-5-1-3-15(13-17)20(27)26-11-9-25(10-12-26)19-7-6-18(23-24-19)16-4-2-8-22-14-16/h1-8,13-14H,9-12H2. The van der Waals surface area contributed by atoms with E-state index in [-0.39, 0.29) is 5.91 Å². The molecule has 1 fully saturated rings. The van der Waals surface area contributed by atoms with Gasteiger partial charge in [0.05, 0.1) is 5.69 Å². The van der Waals surface area contributed by atoms with Gasteiger partial charge in [-0.1, -0.05) is 17.7 Å². The Morgan fingerprint density at radius 1 is 0.963 bits per heavy atom. The van der Waals surface area contributed by atoms with Crippen molar-refractivity contribution in [3.05, 3.63) is 71.5 Å². The number of carbonyl (C=O) groups is 1. The van der Waals surface area contributed by atoms with Crippen molar-refractivity contribution in [3.63, 3.8) is 0 Å². The fourth-order valence-corrected chi connectivity index (χ4v) is 3.30. The Morgan fingerprint density at radius 2 is 1.81 bits per heavy atom. The summed E-state index contributed by atoms with van der Waals surface area (Å²) in [5.74, 6) is 0.827. The van der Waals surface area contributed by atoms with Crippen LogP contribution in [0.5, 0.6) is 0 Å². The van der Waals surface area contributed by atoms with Crippen molar-refractivity contribution in [1.82, 2.24) is 20.1 Å². The first-order valence-electron chi connectivity index (χ1n) is 8.74. The van der Waals surface area contributed by atoms with E-state index < -0.39 is 0 Å². The van der Waals surface area contributed by atoms with Crippen LogP contribution in [0.1, 0.15) is 10.4 Å². The van der Waals surface area contributed by atoms with Crippen LogP contribution >= 0.6 is 11.6 Å². The maximum absolute atomic E-state index is 12.6. The average Bonchev–Trinajstić information content (AvgIpc) is 2.74. The van der Waals surface area contributed by atoms with Gasteiger partial charge in [0.15, 0.2) is 5.82 Å². The molecule has 0 radical (unpaired) electrons. The molecular formula is C20H18ClN5O. The van der Waals surface area contributed by atoms with Crippen molar-refractivity contribution in [2.45, 2.75) is 0 Å². The SMILES string of the molecule is O=C(c1cccc(Cl)c1)N1CCN(c2ccc(-c3cccnc3)nn2)CC1. The lowest BCUT2D eigenvalue weighted by Crippen LogP contribution is -2.49. The summed E-state index contributed by atoms with van der Waals surface area (Å²) in [5, 5.41) is 9.23. The van der Waals surface area contributed by atoms with Crippen molar-refractivity contribution in [2.75, 3.05) is 31.1 Å². The van der Waals surface area contributed by atoms with Gasteiger partial charge in [0, 0.05) is 54.7 Å². The zero-order valence-electron chi connectivity index (χ0n) is 14.6. The maximum Gasteiger partial charge on any atom is 0.254 e. The van der Waals surface area contributed by atoms with E-state index >= 15 is 0 Å². The minimum absolute atomic E-state index is 0.00941. The minimum atomic E-state index is 0.00941. The van der Waals surface area contributed by atoms with Gasteiger partial charge in [0.1, 0.15) is 0 Å². The molecule has 0 N–H and O–H groups in total. The number of carbonyl (C=O) groups excluding carboxylic acids is 1. The summed E-state index contributed by atoms with van der Waals surface area (Å²) < 4.78 is 0. The first-order chi connectivity index (χ1) is 13.2. The quantitative estimate of drug-likeness (QED) is 0.699. The zero-order chi connectivity index (χ0) is 18.6. The predicted molar refractivity (Wildman–Crippen MR) is 105 cm³/mol. The van der Waals surface area contributed by atoms with E-state index in [0.717, 1.165) is 17.1 Å². The fourth-order valence-electron chi connectivity index (χ4n) is 3.10. The van der Waals surface area contributed by atoms with Crippen LogP contribution < -0.4 is 4.90 Å². The molecular weight excluding hydrogens is 362 g/mol. The highest BCUT2D eigenvalue weighted by Gasteiger charge is 2.23. The van der Waals surface area contributed by atoms with Crippen molar-refractivity contribution in [3.8, 4) is 11.3 Å². The third kappa shape index (κ3) is 3.90. The number of pyridine rings is 1. The van der Waals surface area contributed by atoms with Gasteiger partial charge < -0.3 is 9.80 Å². The second-order valence-electron chi connectivity index (χ2n) is 6.31. The molecule has 0 spiro atoms. The largest absolute Gasteiger partial charge is 0.352 e. The third-order valence-electron chi connectivity index (χ3n) is 4.57. The van der Waals surface area contributed by atoms with E-state index in [4.69, 9.17) is 11.6 Å².